The molecule has 0 bridgehead atoms. The van der Waals surface area contributed by atoms with Crippen LogP contribution in [0.2, 0.25) is 0 Å². The van der Waals surface area contributed by atoms with E-state index in [9.17, 15) is 9.59 Å². The van der Waals surface area contributed by atoms with Gasteiger partial charge in [0.05, 0.1) is 6.54 Å². The fraction of sp³-hybridized carbons (Fsp3) is 0.429. The van der Waals surface area contributed by atoms with Crippen molar-refractivity contribution in [2.75, 3.05) is 6.54 Å². The number of amides is 2. The minimum Gasteiger partial charge on any atom is -0.343 e. The second kappa shape index (κ2) is 4.12. The Bertz CT molecular complexity index is 487. The maximum absolute atomic E-state index is 12.1. The molecule has 2 aliphatic rings. The molecule has 0 aromatic heterocycles. The van der Waals surface area contributed by atoms with E-state index in [1.165, 1.54) is 11.1 Å². The van der Waals surface area contributed by atoms with Crippen LogP contribution in [0.5, 0.6) is 0 Å². The van der Waals surface area contributed by atoms with E-state index in [0.717, 1.165) is 12.8 Å². The van der Waals surface area contributed by atoms with Gasteiger partial charge in [-0.2, -0.15) is 0 Å². The largest absolute Gasteiger partial charge is 0.343 e. The zero-order valence-corrected chi connectivity index (χ0v) is 10.3. The van der Waals surface area contributed by atoms with Crippen molar-refractivity contribution in [3.8, 4) is 0 Å². The molecule has 94 valence electrons. The molecule has 1 aliphatic heterocycles. The molecule has 3 rings (SSSR count). The van der Waals surface area contributed by atoms with Crippen LogP contribution in [0.3, 0.4) is 0 Å². The predicted octanol–water partition coefficient (Wildman–Crippen LogP) is 0.501. The molecule has 4 nitrogen and oxygen atoms in total. The molecule has 1 aliphatic carbocycles. The first-order valence-electron chi connectivity index (χ1n) is 6.32. The monoisotopic (exact) mass is 244 g/mol. The van der Waals surface area contributed by atoms with Gasteiger partial charge >= 0.3 is 0 Å². The maximum Gasteiger partial charge on any atom is 0.245 e. The van der Waals surface area contributed by atoms with Crippen LogP contribution in [-0.2, 0) is 22.4 Å². The second-order valence-corrected chi connectivity index (χ2v) is 5.09. The van der Waals surface area contributed by atoms with Crippen molar-refractivity contribution in [3.63, 3.8) is 0 Å². The molecular formula is C14H16N2O2. The zero-order chi connectivity index (χ0) is 12.7. The fourth-order valence-electron chi connectivity index (χ4n) is 2.90. The summed E-state index contributed by atoms with van der Waals surface area (Å²) in [6.07, 6.45) is 1.73. The standard InChI is InChI=1S/C14H16N2O2/c1-9-14(18)16(8-13(17)15-9)12-6-10-4-2-3-5-11(10)7-12/h2-5,9,12H,6-8H2,1H3,(H,15,17). The van der Waals surface area contributed by atoms with Gasteiger partial charge in [-0.15, -0.1) is 0 Å². The predicted molar refractivity (Wildman–Crippen MR) is 67.0 cm³/mol. The molecule has 1 atom stereocenters. The SMILES string of the molecule is CC1NC(=O)CN(C2Cc3ccccc3C2)C1=O. The van der Waals surface area contributed by atoms with Crippen LogP contribution in [0.4, 0.5) is 0 Å². The lowest BCUT2D eigenvalue weighted by atomic mass is 10.1. The van der Waals surface area contributed by atoms with Crippen LogP contribution in [0.15, 0.2) is 24.3 Å². The van der Waals surface area contributed by atoms with Gasteiger partial charge in [0, 0.05) is 6.04 Å². The normalized spacial score (nSPS) is 24.1. The Kier molecular flexibility index (Phi) is 2.58. The summed E-state index contributed by atoms with van der Waals surface area (Å²) in [7, 11) is 0. The Morgan fingerprint density at radius 1 is 1.17 bits per heavy atom. The molecule has 18 heavy (non-hydrogen) atoms. The number of nitrogens with one attached hydrogen (secondary N) is 1. The summed E-state index contributed by atoms with van der Waals surface area (Å²) < 4.78 is 0. The van der Waals surface area contributed by atoms with Gasteiger partial charge < -0.3 is 10.2 Å². The zero-order valence-electron chi connectivity index (χ0n) is 10.3. The van der Waals surface area contributed by atoms with E-state index < -0.39 is 6.04 Å². The summed E-state index contributed by atoms with van der Waals surface area (Å²) in [4.78, 5) is 25.4. The summed E-state index contributed by atoms with van der Waals surface area (Å²) in [5, 5.41) is 2.67. The van der Waals surface area contributed by atoms with E-state index in [1.54, 1.807) is 11.8 Å². The summed E-state index contributed by atoms with van der Waals surface area (Å²) in [5.41, 5.74) is 2.60. The lowest BCUT2D eigenvalue weighted by Gasteiger charge is -2.35. The summed E-state index contributed by atoms with van der Waals surface area (Å²) in [6, 6.07) is 8.00. The van der Waals surface area contributed by atoms with Crippen molar-refractivity contribution in [2.24, 2.45) is 0 Å². The Morgan fingerprint density at radius 3 is 2.39 bits per heavy atom. The molecule has 0 radical (unpaired) electrons. The third-order valence-electron chi connectivity index (χ3n) is 3.82. The van der Waals surface area contributed by atoms with Crippen molar-refractivity contribution in [1.29, 1.82) is 0 Å². The summed E-state index contributed by atoms with van der Waals surface area (Å²) in [5.74, 6) is -0.0227. The third kappa shape index (κ3) is 1.78. The molecule has 1 fully saturated rings. The number of fused-ring (bicyclic) bond motifs is 1. The highest BCUT2D eigenvalue weighted by Gasteiger charge is 2.36. The van der Waals surface area contributed by atoms with Gasteiger partial charge in [0.2, 0.25) is 11.8 Å². The van der Waals surface area contributed by atoms with Crippen molar-refractivity contribution >= 4 is 11.8 Å². The van der Waals surface area contributed by atoms with E-state index in [1.807, 2.05) is 12.1 Å². The van der Waals surface area contributed by atoms with Crippen molar-refractivity contribution in [2.45, 2.75) is 31.8 Å². The molecule has 1 unspecified atom stereocenters. The van der Waals surface area contributed by atoms with Gasteiger partial charge in [-0.05, 0) is 30.9 Å². The van der Waals surface area contributed by atoms with Crippen LogP contribution in [-0.4, -0.2) is 35.3 Å². The highest BCUT2D eigenvalue weighted by Crippen LogP contribution is 2.26. The molecule has 2 amide bonds. The Morgan fingerprint density at radius 2 is 1.78 bits per heavy atom. The van der Waals surface area contributed by atoms with Gasteiger partial charge in [-0.3, -0.25) is 9.59 Å². The number of carbonyl (C=O) groups excluding carboxylic acids is 2. The number of piperazine rings is 1. The van der Waals surface area contributed by atoms with E-state index in [4.69, 9.17) is 0 Å². The number of hydrogen-bond acceptors (Lipinski definition) is 2. The molecule has 1 saturated heterocycles. The quantitative estimate of drug-likeness (QED) is 0.782. The highest BCUT2D eigenvalue weighted by molar-refractivity contribution is 5.94. The number of rotatable bonds is 1. The van der Waals surface area contributed by atoms with Gasteiger partial charge in [0.15, 0.2) is 0 Å². The molecule has 1 aromatic carbocycles. The number of benzene rings is 1. The van der Waals surface area contributed by atoms with E-state index >= 15 is 0 Å². The second-order valence-electron chi connectivity index (χ2n) is 5.09. The lowest BCUT2D eigenvalue weighted by Crippen LogP contribution is -2.59. The molecule has 0 saturated carbocycles. The van der Waals surface area contributed by atoms with Crippen LogP contribution in [0, 0.1) is 0 Å². The van der Waals surface area contributed by atoms with Crippen molar-refractivity contribution in [3.05, 3.63) is 35.4 Å². The number of carbonyl (C=O) groups is 2. The average molecular weight is 244 g/mol. The van der Waals surface area contributed by atoms with Gasteiger partial charge in [0.1, 0.15) is 6.04 Å². The van der Waals surface area contributed by atoms with Crippen LogP contribution >= 0.6 is 0 Å². The van der Waals surface area contributed by atoms with Gasteiger partial charge in [-0.1, -0.05) is 24.3 Å². The van der Waals surface area contributed by atoms with Crippen LogP contribution < -0.4 is 5.32 Å². The van der Waals surface area contributed by atoms with Gasteiger partial charge in [-0.25, -0.2) is 0 Å². The molecule has 4 heteroatoms. The molecule has 1 heterocycles. The van der Waals surface area contributed by atoms with E-state index in [-0.39, 0.29) is 24.4 Å². The maximum atomic E-state index is 12.1. The van der Waals surface area contributed by atoms with Crippen LogP contribution in [0.1, 0.15) is 18.1 Å². The number of hydrogen-bond donors (Lipinski definition) is 1. The Hall–Kier alpha value is -1.84. The molecule has 1 N–H and O–H groups in total. The lowest BCUT2D eigenvalue weighted by molar-refractivity contribution is -0.145. The summed E-state index contributed by atoms with van der Waals surface area (Å²) in [6.45, 7) is 1.94. The average Bonchev–Trinajstić information content (AvgIpc) is 2.77. The molecular weight excluding hydrogens is 228 g/mol. The topological polar surface area (TPSA) is 49.4 Å². The van der Waals surface area contributed by atoms with Crippen LogP contribution in [0.25, 0.3) is 0 Å². The Labute approximate surface area is 106 Å². The van der Waals surface area contributed by atoms with E-state index in [0.29, 0.717) is 0 Å². The number of nitrogens with zero attached hydrogens (tertiary/aromatic N) is 1. The molecule has 0 spiro atoms. The minimum atomic E-state index is -0.394. The first kappa shape index (κ1) is 11.3. The summed E-state index contributed by atoms with van der Waals surface area (Å²) >= 11 is 0. The molecule has 1 aromatic rings. The van der Waals surface area contributed by atoms with Crippen molar-refractivity contribution in [1.82, 2.24) is 10.2 Å². The smallest absolute Gasteiger partial charge is 0.245 e. The Balaban J connectivity index is 1.81. The fourth-order valence-corrected chi connectivity index (χ4v) is 2.90. The third-order valence-corrected chi connectivity index (χ3v) is 3.82. The van der Waals surface area contributed by atoms with Gasteiger partial charge in [0.25, 0.3) is 0 Å². The van der Waals surface area contributed by atoms with E-state index in [2.05, 4.69) is 17.4 Å². The first-order valence-corrected chi connectivity index (χ1v) is 6.32. The van der Waals surface area contributed by atoms with Crippen molar-refractivity contribution < 1.29 is 9.59 Å². The highest BCUT2D eigenvalue weighted by atomic mass is 16.2. The first-order chi connectivity index (χ1) is 8.65. The minimum absolute atomic E-state index is 0.0346.